The van der Waals surface area contributed by atoms with Crippen LogP contribution in [0.25, 0.3) is 0 Å². The molecule has 0 heterocycles. The SMILES string of the molecule is COCCC(NC(=O)NCC(C)C1CC1)C(=O)O. The molecule has 2 unspecified atom stereocenters. The molecule has 1 aliphatic rings. The summed E-state index contributed by atoms with van der Waals surface area (Å²) < 4.78 is 4.81. The molecule has 104 valence electrons. The van der Waals surface area contributed by atoms with Crippen molar-refractivity contribution in [3.05, 3.63) is 0 Å². The lowest BCUT2D eigenvalue weighted by Crippen LogP contribution is -2.47. The van der Waals surface area contributed by atoms with Crippen molar-refractivity contribution in [3.63, 3.8) is 0 Å². The molecule has 1 aliphatic carbocycles. The van der Waals surface area contributed by atoms with E-state index < -0.39 is 18.0 Å². The average Bonchev–Trinajstić information content (AvgIpc) is 3.15. The Morgan fingerprint density at radius 1 is 1.44 bits per heavy atom. The maximum Gasteiger partial charge on any atom is 0.326 e. The Morgan fingerprint density at radius 2 is 2.11 bits per heavy atom. The van der Waals surface area contributed by atoms with E-state index in [0.29, 0.717) is 25.0 Å². The van der Waals surface area contributed by atoms with E-state index in [0.717, 1.165) is 0 Å². The van der Waals surface area contributed by atoms with Crippen LogP contribution >= 0.6 is 0 Å². The molecule has 6 nitrogen and oxygen atoms in total. The maximum absolute atomic E-state index is 11.5. The van der Waals surface area contributed by atoms with Gasteiger partial charge in [0.2, 0.25) is 0 Å². The highest BCUT2D eigenvalue weighted by molar-refractivity contribution is 5.82. The lowest BCUT2D eigenvalue weighted by atomic mass is 10.1. The van der Waals surface area contributed by atoms with Gasteiger partial charge >= 0.3 is 12.0 Å². The van der Waals surface area contributed by atoms with Crippen LogP contribution in [-0.4, -0.2) is 43.4 Å². The van der Waals surface area contributed by atoms with Crippen molar-refractivity contribution in [2.45, 2.75) is 32.2 Å². The first kappa shape index (κ1) is 14.8. The second-order valence-corrected chi connectivity index (χ2v) is 4.84. The Labute approximate surface area is 107 Å². The number of methoxy groups -OCH3 is 1. The van der Waals surface area contributed by atoms with Crippen molar-refractivity contribution in [2.75, 3.05) is 20.3 Å². The van der Waals surface area contributed by atoms with Crippen LogP contribution in [-0.2, 0) is 9.53 Å². The zero-order valence-electron chi connectivity index (χ0n) is 10.9. The third-order valence-electron chi connectivity index (χ3n) is 3.23. The van der Waals surface area contributed by atoms with Crippen LogP contribution in [0.1, 0.15) is 26.2 Å². The monoisotopic (exact) mass is 258 g/mol. The van der Waals surface area contributed by atoms with Crippen molar-refractivity contribution in [1.29, 1.82) is 0 Å². The molecule has 0 aromatic carbocycles. The van der Waals surface area contributed by atoms with E-state index in [1.807, 2.05) is 0 Å². The van der Waals surface area contributed by atoms with Crippen LogP contribution in [0.4, 0.5) is 4.79 Å². The van der Waals surface area contributed by atoms with Gasteiger partial charge in [-0.1, -0.05) is 6.92 Å². The number of hydrogen-bond donors (Lipinski definition) is 3. The van der Waals surface area contributed by atoms with Gasteiger partial charge < -0.3 is 20.5 Å². The summed E-state index contributed by atoms with van der Waals surface area (Å²) in [7, 11) is 1.50. The molecule has 0 spiro atoms. The summed E-state index contributed by atoms with van der Waals surface area (Å²) in [6.07, 6.45) is 2.73. The Bertz CT molecular complexity index is 292. The normalized spacial score (nSPS) is 17.9. The molecule has 1 saturated carbocycles. The van der Waals surface area contributed by atoms with E-state index in [1.54, 1.807) is 0 Å². The summed E-state index contributed by atoms with van der Waals surface area (Å²) >= 11 is 0. The van der Waals surface area contributed by atoms with Crippen LogP contribution in [0.2, 0.25) is 0 Å². The summed E-state index contributed by atoms with van der Waals surface area (Å²) in [6.45, 7) is 2.99. The van der Waals surface area contributed by atoms with Crippen LogP contribution < -0.4 is 10.6 Å². The summed E-state index contributed by atoms with van der Waals surface area (Å²) in [4.78, 5) is 22.4. The molecule has 1 fully saturated rings. The molecule has 0 saturated heterocycles. The molecule has 3 N–H and O–H groups in total. The zero-order chi connectivity index (χ0) is 13.5. The fourth-order valence-corrected chi connectivity index (χ4v) is 1.79. The Kier molecular flexibility index (Phi) is 5.91. The van der Waals surface area contributed by atoms with Gasteiger partial charge in [-0.25, -0.2) is 9.59 Å². The van der Waals surface area contributed by atoms with Crippen LogP contribution in [0.5, 0.6) is 0 Å². The Morgan fingerprint density at radius 3 is 2.61 bits per heavy atom. The molecular weight excluding hydrogens is 236 g/mol. The lowest BCUT2D eigenvalue weighted by Gasteiger charge is -2.16. The van der Waals surface area contributed by atoms with E-state index >= 15 is 0 Å². The van der Waals surface area contributed by atoms with Crippen molar-refractivity contribution in [2.24, 2.45) is 11.8 Å². The van der Waals surface area contributed by atoms with Gasteiger partial charge in [0.1, 0.15) is 6.04 Å². The summed E-state index contributed by atoms with van der Waals surface area (Å²) in [5, 5.41) is 14.1. The Balaban J connectivity index is 2.24. The van der Waals surface area contributed by atoms with Gasteiger partial charge in [-0.15, -0.1) is 0 Å². The minimum absolute atomic E-state index is 0.261. The van der Waals surface area contributed by atoms with Crippen molar-refractivity contribution in [1.82, 2.24) is 10.6 Å². The van der Waals surface area contributed by atoms with Gasteiger partial charge in [-0.2, -0.15) is 0 Å². The minimum Gasteiger partial charge on any atom is -0.480 e. The summed E-state index contributed by atoms with van der Waals surface area (Å²) in [6, 6.07) is -1.33. The molecule has 0 radical (unpaired) electrons. The van der Waals surface area contributed by atoms with E-state index in [4.69, 9.17) is 9.84 Å². The number of amides is 2. The molecular formula is C12H22N2O4. The highest BCUT2D eigenvalue weighted by Crippen LogP contribution is 2.35. The number of rotatable bonds is 8. The number of carbonyl (C=O) groups is 2. The number of carboxylic acids is 1. The van der Waals surface area contributed by atoms with Gasteiger partial charge in [-0.3, -0.25) is 0 Å². The van der Waals surface area contributed by atoms with Gasteiger partial charge in [0.15, 0.2) is 0 Å². The van der Waals surface area contributed by atoms with Gasteiger partial charge in [0, 0.05) is 26.7 Å². The zero-order valence-corrected chi connectivity index (χ0v) is 10.9. The van der Waals surface area contributed by atoms with E-state index in [-0.39, 0.29) is 6.42 Å². The topological polar surface area (TPSA) is 87.7 Å². The maximum atomic E-state index is 11.5. The third kappa shape index (κ3) is 5.35. The summed E-state index contributed by atoms with van der Waals surface area (Å²) in [5.41, 5.74) is 0. The highest BCUT2D eigenvalue weighted by atomic mass is 16.5. The van der Waals surface area contributed by atoms with Crippen molar-refractivity contribution in [3.8, 4) is 0 Å². The standard InChI is InChI=1S/C12H22N2O4/c1-8(9-3-4-9)7-13-12(17)14-10(11(15)16)5-6-18-2/h8-10H,3-7H2,1-2H3,(H,15,16)(H2,13,14,17). The highest BCUT2D eigenvalue weighted by Gasteiger charge is 2.28. The van der Waals surface area contributed by atoms with E-state index in [9.17, 15) is 9.59 Å². The number of carbonyl (C=O) groups excluding carboxylic acids is 1. The third-order valence-corrected chi connectivity index (χ3v) is 3.23. The number of nitrogens with one attached hydrogen (secondary N) is 2. The van der Waals surface area contributed by atoms with Crippen LogP contribution in [0, 0.1) is 11.8 Å². The number of carboxylic acid groups (broad SMARTS) is 1. The Hall–Kier alpha value is -1.30. The van der Waals surface area contributed by atoms with E-state index in [2.05, 4.69) is 17.6 Å². The predicted molar refractivity (Wildman–Crippen MR) is 66.3 cm³/mol. The second-order valence-electron chi connectivity index (χ2n) is 4.84. The molecule has 2 atom stereocenters. The molecule has 18 heavy (non-hydrogen) atoms. The fraction of sp³-hybridized carbons (Fsp3) is 0.833. The molecule has 2 amide bonds. The largest absolute Gasteiger partial charge is 0.480 e. The van der Waals surface area contributed by atoms with Crippen molar-refractivity contribution >= 4 is 12.0 Å². The molecule has 0 aromatic heterocycles. The lowest BCUT2D eigenvalue weighted by molar-refractivity contribution is -0.139. The second kappa shape index (κ2) is 7.20. The first-order valence-corrected chi connectivity index (χ1v) is 6.30. The van der Waals surface area contributed by atoms with Crippen molar-refractivity contribution < 1.29 is 19.4 Å². The van der Waals surface area contributed by atoms with Gasteiger partial charge in [0.25, 0.3) is 0 Å². The molecule has 6 heteroatoms. The van der Waals surface area contributed by atoms with Crippen LogP contribution in [0.15, 0.2) is 0 Å². The quantitative estimate of drug-likeness (QED) is 0.601. The summed E-state index contributed by atoms with van der Waals surface area (Å²) in [5.74, 6) is 0.129. The predicted octanol–water partition coefficient (Wildman–Crippen LogP) is 0.821. The van der Waals surface area contributed by atoms with Gasteiger partial charge in [0.05, 0.1) is 0 Å². The number of hydrogen-bond acceptors (Lipinski definition) is 3. The number of ether oxygens (including phenoxy) is 1. The van der Waals surface area contributed by atoms with E-state index in [1.165, 1.54) is 20.0 Å². The number of aliphatic carboxylic acids is 1. The molecule has 0 bridgehead atoms. The molecule has 0 aromatic rings. The molecule has 0 aliphatic heterocycles. The first-order valence-electron chi connectivity index (χ1n) is 6.30. The average molecular weight is 258 g/mol. The molecule has 1 rings (SSSR count). The van der Waals surface area contributed by atoms with Gasteiger partial charge in [-0.05, 0) is 24.7 Å². The smallest absolute Gasteiger partial charge is 0.326 e. The fourth-order valence-electron chi connectivity index (χ4n) is 1.79. The first-order chi connectivity index (χ1) is 8.54. The number of urea groups is 1. The minimum atomic E-state index is -1.04. The van der Waals surface area contributed by atoms with Crippen LogP contribution in [0.3, 0.4) is 0 Å².